The Morgan fingerprint density at radius 2 is 1.82 bits per heavy atom. The number of nitrogens with zero attached hydrogens (tertiary/aromatic N) is 2. The second kappa shape index (κ2) is 7.14. The van der Waals surface area contributed by atoms with Crippen LogP contribution in [-0.2, 0) is 12.1 Å². The van der Waals surface area contributed by atoms with Gasteiger partial charge in [0.2, 0.25) is 0 Å². The molecule has 0 aliphatic heterocycles. The highest BCUT2D eigenvalue weighted by Crippen LogP contribution is 2.35. The Labute approximate surface area is 160 Å². The third-order valence-corrected chi connectivity index (χ3v) is 4.97. The van der Waals surface area contributed by atoms with Gasteiger partial charge in [-0.05, 0) is 53.1 Å². The highest BCUT2D eigenvalue weighted by molar-refractivity contribution is 5.81. The second-order valence-corrected chi connectivity index (χ2v) is 6.67. The van der Waals surface area contributed by atoms with Gasteiger partial charge in [-0.2, -0.15) is 5.10 Å². The van der Waals surface area contributed by atoms with Crippen molar-refractivity contribution in [2.45, 2.75) is 12.1 Å². The first-order valence-corrected chi connectivity index (χ1v) is 8.88. The van der Waals surface area contributed by atoms with Gasteiger partial charge in [0, 0.05) is 11.9 Å². The molecule has 4 rings (SSSR count). The van der Waals surface area contributed by atoms with Crippen molar-refractivity contribution in [2.75, 3.05) is 6.67 Å². The van der Waals surface area contributed by atoms with Gasteiger partial charge in [-0.25, -0.2) is 13.5 Å². The summed E-state index contributed by atoms with van der Waals surface area (Å²) in [6.45, 7) is -1.08. The van der Waals surface area contributed by atoms with Crippen LogP contribution in [0.5, 0.6) is 0 Å². The van der Waals surface area contributed by atoms with E-state index in [9.17, 15) is 13.9 Å². The van der Waals surface area contributed by atoms with Crippen LogP contribution in [0.1, 0.15) is 16.7 Å². The predicted octanol–water partition coefficient (Wildman–Crippen LogP) is 3.83. The van der Waals surface area contributed by atoms with Gasteiger partial charge in [0.25, 0.3) is 0 Å². The molecule has 0 aliphatic rings. The van der Waals surface area contributed by atoms with E-state index in [0.29, 0.717) is 11.1 Å². The van der Waals surface area contributed by atoms with Crippen LogP contribution in [0.15, 0.2) is 72.9 Å². The van der Waals surface area contributed by atoms with Gasteiger partial charge in [-0.3, -0.25) is 0 Å². The molecule has 0 fully saturated rings. The van der Waals surface area contributed by atoms with Gasteiger partial charge >= 0.3 is 0 Å². The van der Waals surface area contributed by atoms with Crippen molar-refractivity contribution in [3.8, 4) is 5.69 Å². The van der Waals surface area contributed by atoms with Gasteiger partial charge < -0.3 is 10.8 Å². The maximum atomic E-state index is 14.1. The van der Waals surface area contributed by atoms with Crippen molar-refractivity contribution < 1.29 is 13.9 Å². The number of aromatic nitrogens is 2. The first-order chi connectivity index (χ1) is 13.6. The van der Waals surface area contributed by atoms with Gasteiger partial charge in [0.1, 0.15) is 18.1 Å². The highest BCUT2D eigenvalue weighted by Gasteiger charge is 2.34. The fourth-order valence-corrected chi connectivity index (χ4v) is 3.50. The summed E-state index contributed by atoms with van der Waals surface area (Å²) in [6, 6.07) is 18.6. The molecule has 3 aromatic carbocycles. The number of para-hydroxylation sites is 1. The van der Waals surface area contributed by atoms with Crippen LogP contribution in [-0.4, -0.2) is 21.6 Å². The summed E-state index contributed by atoms with van der Waals surface area (Å²) in [5.41, 5.74) is 6.47. The summed E-state index contributed by atoms with van der Waals surface area (Å²) in [6.07, 6.45) is 1.67. The first-order valence-electron chi connectivity index (χ1n) is 8.88. The Kier molecular flexibility index (Phi) is 4.66. The summed E-state index contributed by atoms with van der Waals surface area (Å²) in [4.78, 5) is 0. The standard InChI is InChI=1S/C22H19F2N3O/c23-14-22(28,20-8-7-18(24)11-15(20)12-25)17-6-9-21-16(10-17)13-26-27(21)19-4-2-1-3-5-19/h1-11,13,28H,12,14,25H2. The van der Waals surface area contributed by atoms with Crippen LogP contribution in [0.4, 0.5) is 8.78 Å². The highest BCUT2D eigenvalue weighted by atomic mass is 19.1. The fourth-order valence-electron chi connectivity index (χ4n) is 3.50. The minimum absolute atomic E-state index is 0.0103. The zero-order valence-corrected chi connectivity index (χ0v) is 15.0. The van der Waals surface area contributed by atoms with Crippen molar-refractivity contribution in [1.29, 1.82) is 0 Å². The van der Waals surface area contributed by atoms with E-state index in [1.807, 2.05) is 30.3 Å². The number of rotatable bonds is 5. The molecule has 6 heteroatoms. The monoisotopic (exact) mass is 379 g/mol. The third-order valence-electron chi connectivity index (χ3n) is 4.97. The van der Waals surface area contributed by atoms with Crippen LogP contribution >= 0.6 is 0 Å². The Morgan fingerprint density at radius 1 is 1.04 bits per heavy atom. The zero-order valence-electron chi connectivity index (χ0n) is 15.0. The van der Waals surface area contributed by atoms with E-state index in [2.05, 4.69) is 5.10 Å². The maximum Gasteiger partial charge on any atom is 0.143 e. The number of hydrogen-bond acceptors (Lipinski definition) is 3. The molecule has 0 bridgehead atoms. The van der Waals surface area contributed by atoms with Gasteiger partial charge in [0.05, 0.1) is 17.4 Å². The zero-order chi connectivity index (χ0) is 19.7. The predicted molar refractivity (Wildman–Crippen MR) is 104 cm³/mol. The molecule has 0 radical (unpaired) electrons. The molecule has 142 valence electrons. The minimum atomic E-state index is -1.93. The Bertz CT molecular complexity index is 1130. The van der Waals surface area contributed by atoms with Crippen LogP contribution in [0.25, 0.3) is 16.6 Å². The fraction of sp³-hybridized carbons (Fsp3) is 0.136. The van der Waals surface area contributed by atoms with Crippen LogP contribution in [0.3, 0.4) is 0 Å². The molecule has 0 amide bonds. The molecule has 4 nitrogen and oxygen atoms in total. The molecule has 1 heterocycles. The van der Waals surface area contributed by atoms with E-state index < -0.39 is 18.1 Å². The molecule has 1 atom stereocenters. The van der Waals surface area contributed by atoms with Gasteiger partial charge in [-0.1, -0.05) is 30.3 Å². The molecule has 0 saturated heterocycles. The van der Waals surface area contributed by atoms with E-state index >= 15 is 0 Å². The lowest BCUT2D eigenvalue weighted by Gasteiger charge is -2.28. The number of aliphatic hydroxyl groups is 1. The largest absolute Gasteiger partial charge is 0.378 e. The van der Waals surface area contributed by atoms with Crippen molar-refractivity contribution in [2.24, 2.45) is 5.73 Å². The molecule has 1 unspecified atom stereocenters. The van der Waals surface area contributed by atoms with Crippen molar-refractivity contribution in [3.05, 3.63) is 95.4 Å². The van der Waals surface area contributed by atoms with Crippen LogP contribution in [0, 0.1) is 5.82 Å². The van der Waals surface area contributed by atoms with E-state index in [4.69, 9.17) is 5.73 Å². The molecular weight excluding hydrogens is 360 g/mol. The van der Waals surface area contributed by atoms with E-state index in [0.717, 1.165) is 16.6 Å². The van der Waals surface area contributed by atoms with E-state index in [1.165, 1.54) is 18.2 Å². The minimum Gasteiger partial charge on any atom is -0.378 e. The maximum absolute atomic E-state index is 14.1. The Hall–Kier alpha value is -3.09. The van der Waals surface area contributed by atoms with Crippen LogP contribution in [0.2, 0.25) is 0 Å². The molecule has 0 aliphatic carbocycles. The normalized spacial score (nSPS) is 13.6. The number of benzene rings is 3. The van der Waals surface area contributed by atoms with Crippen molar-refractivity contribution in [1.82, 2.24) is 9.78 Å². The van der Waals surface area contributed by atoms with Crippen molar-refractivity contribution in [3.63, 3.8) is 0 Å². The first kappa shape index (κ1) is 18.3. The summed E-state index contributed by atoms with van der Waals surface area (Å²) in [7, 11) is 0. The third kappa shape index (κ3) is 2.96. The number of hydrogen-bond donors (Lipinski definition) is 2. The smallest absolute Gasteiger partial charge is 0.143 e. The van der Waals surface area contributed by atoms with Gasteiger partial charge in [-0.15, -0.1) is 0 Å². The number of fused-ring (bicyclic) bond motifs is 1. The Morgan fingerprint density at radius 3 is 2.54 bits per heavy atom. The molecule has 0 saturated carbocycles. The van der Waals surface area contributed by atoms with E-state index in [1.54, 1.807) is 29.1 Å². The molecule has 1 aromatic heterocycles. The molecule has 0 spiro atoms. The lowest BCUT2D eigenvalue weighted by atomic mass is 9.84. The van der Waals surface area contributed by atoms with Crippen molar-refractivity contribution >= 4 is 10.9 Å². The van der Waals surface area contributed by atoms with Crippen LogP contribution < -0.4 is 5.73 Å². The lowest BCUT2D eigenvalue weighted by Crippen LogP contribution is -2.31. The number of alkyl halides is 1. The average molecular weight is 379 g/mol. The number of nitrogens with two attached hydrogens (primary N) is 1. The topological polar surface area (TPSA) is 64.1 Å². The van der Waals surface area contributed by atoms with E-state index in [-0.39, 0.29) is 12.1 Å². The second-order valence-electron chi connectivity index (χ2n) is 6.67. The van der Waals surface area contributed by atoms with Gasteiger partial charge in [0.15, 0.2) is 0 Å². The summed E-state index contributed by atoms with van der Waals surface area (Å²) in [5.74, 6) is -0.481. The lowest BCUT2D eigenvalue weighted by molar-refractivity contribution is 0.0510. The molecule has 4 aromatic rings. The average Bonchev–Trinajstić information content (AvgIpc) is 3.17. The number of halogens is 2. The Balaban J connectivity index is 1.84. The summed E-state index contributed by atoms with van der Waals surface area (Å²) >= 11 is 0. The molecule has 3 N–H and O–H groups in total. The summed E-state index contributed by atoms with van der Waals surface area (Å²) < 4.78 is 29.4. The molecule has 28 heavy (non-hydrogen) atoms. The quantitative estimate of drug-likeness (QED) is 0.554. The SMILES string of the molecule is NCc1cc(F)ccc1C(O)(CF)c1ccc2c(cnn2-c2ccccc2)c1. The molecular formula is C22H19F2N3O. The summed E-state index contributed by atoms with van der Waals surface area (Å²) in [5, 5.41) is 16.3.